The smallest absolute Gasteiger partial charge is 0.178 e. The summed E-state index contributed by atoms with van der Waals surface area (Å²) < 4.78 is 13.6. The van der Waals surface area contributed by atoms with E-state index < -0.39 is 0 Å². The number of nitrogens with one attached hydrogen (secondary N) is 1. The number of hydrogen-bond donors (Lipinski definition) is 1. The van der Waals surface area contributed by atoms with Crippen molar-refractivity contribution in [3.05, 3.63) is 35.6 Å². The molecule has 0 radical (unpaired) electrons. The fourth-order valence-electron chi connectivity index (χ4n) is 1.97. The van der Waals surface area contributed by atoms with Gasteiger partial charge in [0.2, 0.25) is 0 Å². The van der Waals surface area contributed by atoms with Crippen LogP contribution in [-0.4, -0.2) is 29.9 Å². The summed E-state index contributed by atoms with van der Waals surface area (Å²) >= 11 is 5.34. The normalized spacial score (nSPS) is 10.8. The van der Waals surface area contributed by atoms with Gasteiger partial charge in [0, 0.05) is 6.54 Å². The van der Waals surface area contributed by atoms with Crippen LogP contribution in [0.5, 0.6) is 5.75 Å². The Morgan fingerprint density at radius 1 is 1.42 bits per heavy atom. The molecular weight excluding hydrogens is 260 g/mol. The van der Waals surface area contributed by atoms with Gasteiger partial charge in [0.1, 0.15) is 11.3 Å². The summed E-state index contributed by atoms with van der Waals surface area (Å²) in [4.78, 5) is 3.18. The fourth-order valence-corrected chi connectivity index (χ4v) is 2.26. The number of aromatic nitrogens is 2. The number of H-pyrrole nitrogens is 1. The van der Waals surface area contributed by atoms with Gasteiger partial charge in [-0.1, -0.05) is 12.1 Å². The molecule has 5 heteroatoms. The van der Waals surface area contributed by atoms with Crippen molar-refractivity contribution in [1.29, 1.82) is 0 Å². The molecule has 102 valence electrons. The first-order chi connectivity index (χ1) is 9.27. The number of aromatic amines is 1. The van der Waals surface area contributed by atoms with Crippen LogP contribution in [0.1, 0.15) is 6.42 Å². The molecule has 0 aliphatic heterocycles. The Balaban J connectivity index is 2.16. The van der Waals surface area contributed by atoms with E-state index in [9.17, 15) is 0 Å². The van der Waals surface area contributed by atoms with E-state index in [1.807, 2.05) is 28.8 Å². The third-order valence-electron chi connectivity index (χ3n) is 2.92. The Morgan fingerprint density at radius 2 is 2.26 bits per heavy atom. The zero-order valence-corrected chi connectivity index (χ0v) is 11.8. The number of methoxy groups -OCH3 is 1. The average Bonchev–Trinajstić information content (AvgIpc) is 2.74. The van der Waals surface area contributed by atoms with Crippen LogP contribution in [-0.2, 0) is 11.3 Å². The van der Waals surface area contributed by atoms with Crippen LogP contribution < -0.4 is 4.74 Å². The number of rotatable bonds is 7. The maximum absolute atomic E-state index is 5.52. The van der Waals surface area contributed by atoms with E-state index in [2.05, 4.69) is 11.6 Å². The van der Waals surface area contributed by atoms with Gasteiger partial charge >= 0.3 is 0 Å². The van der Waals surface area contributed by atoms with Gasteiger partial charge in [-0.15, -0.1) is 6.58 Å². The van der Waals surface area contributed by atoms with Crippen LogP contribution in [0, 0.1) is 4.77 Å². The van der Waals surface area contributed by atoms with E-state index in [4.69, 9.17) is 21.7 Å². The van der Waals surface area contributed by atoms with E-state index in [1.54, 1.807) is 7.11 Å². The van der Waals surface area contributed by atoms with Gasteiger partial charge in [-0.3, -0.25) is 0 Å². The quantitative estimate of drug-likeness (QED) is 0.480. The second-order valence-corrected chi connectivity index (χ2v) is 4.51. The molecule has 0 unspecified atom stereocenters. The molecule has 1 N–H and O–H groups in total. The minimum atomic E-state index is 0.631. The van der Waals surface area contributed by atoms with Gasteiger partial charge in [0.15, 0.2) is 4.77 Å². The predicted molar refractivity (Wildman–Crippen MR) is 79.3 cm³/mol. The summed E-state index contributed by atoms with van der Waals surface area (Å²) in [6, 6.07) is 5.89. The number of fused-ring (bicyclic) bond motifs is 1. The summed E-state index contributed by atoms with van der Waals surface area (Å²) in [7, 11) is 1.65. The number of ether oxygens (including phenoxy) is 2. The van der Waals surface area contributed by atoms with E-state index >= 15 is 0 Å². The molecule has 0 aliphatic carbocycles. The highest BCUT2D eigenvalue weighted by Crippen LogP contribution is 2.24. The zero-order valence-electron chi connectivity index (χ0n) is 11.0. The number of para-hydroxylation sites is 1. The van der Waals surface area contributed by atoms with Crippen LogP contribution in [0.25, 0.3) is 11.0 Å². The van der Waals surface area contributed by atoms with Crippen molar-refractivity contribution in [2.24, 2.45) is 0 Å². The molecule has 0 fully saturated rings. The van der Waals surface area contributed by atoms with Gasteiger partial charge < -0.3 is 19.0 Å². The van der Waals surface area contributed by atoms with Crippen molar-refractivity contribution >= 4 is 23.3 Å². The maximum atomic E-state index is 5.52. The molecule has 0 atom stereocenters. The topological polar surface area (TPSA) is 39.2 Å². The minimum Gasteiger partial charge on any atom is -0.494 e. The van der Waals surface area contributed by atoms with Crippen LogP contribution in [0.15, 0.2) is 30.9 Å². The lowest BCUT2D eigenvalue weighted by Gasteiger charge is -2.06. The molecule has 1 aromatic heterocycles. The summed E-state index contributed by atoms with van der Waals surface area (Å²) in [6.07, 6.45) is 2.72. The van der Waals surface area contributed by atoms with Crippen LogP contribution in [0.4, 0.5) is 0 Å². The van der Waals surface area contributed by atoms with E-state index in [-0.39, 0.29) is 0 Å². The average molecular weight is 278 g/mol. The van der Waals surface area contributed by atoms with Crippen molar-refractivity contribution in [3.63, 3.8) is 0 Å². The Labute approximate surface area is 117 Å². The summed E-state index contributed by atoms with van der Waals surface area (Å²) in [6.45, 7) is 5.72. The molecule has 2 aromatic rings. The zero-order chi connectivity index (χ0) is 13.7. The van der Waals surface area contributed by atoms with Crippen molar-refractivity contribution in [3.8, 4) is 5.75 Å². The van der Waals surface area contributed by atoms with Gasteiger partial charge in [0.05, 0.1) is 25.8 Å². The molecular formula is C14H18N2O2S. The van der Waals surface area contributed by atoms with Crippen molar-refractivity contribution in [2.75, 3.05) is 20.3 Å². The van der Waals surface area contributed by atoms with Crippen molar-refractivity contribution < 1.29 is 9.47 Å². The lowest BCUT2D eigenvalue weighted by molar-refractivity contribution is 0.131. The molecule has 1 heterocycles. The van der Waals surface area contributed by atoms with Crippen LogP contribution >= 0.6 is 12.2 Å². The Kier molecular flexibility index (Phi) is 4.76. The molecule has 0 saturated heterocycles. The lowest BCUT2D eigenvalue weighted by Crippen LogP contribution is -2.06. The molecule has 19 heavy (non-hydrogen) atoms. The number of hydrogen-bond acceptors (Lipinski definition) is 3. The lowest BCUT2D eigenvalue weighted by atomic mass is 10.3. The highest BCUT2D eigenvalue weighted by molar-refractivity contribution is 7.71. The SMILES string of the molecule is C=CCCOCCn1c(=S)[nH]c2c(OC)cccc21. The Hall–Kier alpha value is -1.59. The van der Waals surface area contributed by atoms with Crippen molar-refractivity contribution in [2.45, 2.75) is 13.0 Å². The molecule has 4 nitrogen and oxygen atoms in total. The largest absolute Gasteiger partial charge is 0.494 e. The third-order valence-corrected chi connectivity index (χ3v) is 3.24. The Morgan fingerprint density at radius 3 is 3.00 bits per heavy atom. The monoisotopic (exact) mass is 278 g/mol. The minimum absolute atomic E-state index is 0.631. The predicted octanol–water partition coefficient (Wildman–Crippen LogP) is 3.30. The Bertz CT molecular complexity index is 615. The summed E-state index contributed by atoms with van der Waals surface area (Å²) in [5, 5.41) is 0. The van der Waals surface area contributed by atoms with Crippen LogP contribution in [0.3, 0.4) is 0 Å². The van der Waals surface area contributed by atoms with E-state index in [0.29, 0.717) is 18.0 Å². The number of nitrogens with zero attached hydrogens (tertiary/aromatic N) is 1. The number of imidazole rings is 1. The molecule has 0 spiro atoms. The van der Waals surface area contributed by atoms with Gasteiger partial charge in [0.25, 0.3) is 0 Å². The van der Waals surface area contributed by atoms with Gasteiger partial charge in [-0.25, -0.2) is 0 Å². The standard InChI is InChI=1S/C14H18N2O2S/c1-3-4-9-18-10-8-16-11-6-5-7-12(17-2)13(11)15-14(16)19/h3,5-7H,1,4,8-10H2,2H3,(H,15,19). The molecule has 0 aliphatic rings. The van der Waals surface area contributed by atoms with E-state index in [1.165, 1.54) is 0 Å². The highest BCUT2D eigenvalue weighted by atomic mass is 32.1. The second kappa shape index (κ2) is 6.54. The van der Waals surface area contributed by atoms with Crippen LogP contribution in [0.2, 0.25) is 0 Å². The first-order valence-electron chi connectivity index (χ1n) is 6.22. The molecule has 0 amide bonds. The van der Waals surface area contributed by atoms with Gasteiger partial charge in [-0.2, -0.15) is 0 Å². The highest BCUT2D eigenvalue weighted by Gasteiger charge is 2.08. The first kappa shape index (κ1) is 13.8. The molecule has 0 saturated carbocycles. The summed E-state index contributed by atoms with van der Waals surface area (Å²) in [5.41, 5.74) is 1.97. The summed E-state index contributed by atoms with van der Waals surface area (Å²) in [5.74, 6) is 0.801. The molecule has 2 rings (SSSR count). The molecule has 1 aromatic carbocycles. The third kappa shape index (κ3) is 3.05. The molecule has 0 bridgehead atoms. The van der Waals surface area contributed by atoms with Crippen molar-refractivity contribution in [1.82, 2.24) is 9.55 Å². The van der Waals surface area contributed by atoms with Gasteiger partial charge in [-0.05, 0) is 30.8 Å². The maximum Gasteiger partial charge on any atom is 0.178 e. The second-order valence-electron chi connectivity index (χ2n) is 4.13. The fraction of sp³-hybridized carbons (Fsp3) is 0.357. The number of benzene rings is 1. The first-order valence-corrected chi connectivity index (χ1v) is 6.63. The van der Waals surface area contributed by atoms with E-state index in [0.717, 1.165) is 29.7 Å².